The number of nitrogens with one attached hydrogen (secondary N) is 1. The maximum absolute atomic E-state index is 12.4. The zero-order chi connectivity index (χ0) is 15.6. The Labute approximate surface area is 139 Å². The Morgan fingerprint density at radius 1 is 1.41 bits per heavy atom. The number of urea groups is 1. The number of carbonyl (C=O) groups excluding carboxylic acids is 1. The Morgan fingerprint density at radius 3 is 2.86 bits per heavy atom. The maximum Gasteiger partial charge on any atom is 0.322 e. The average Bonchev–Trinajstić information content (AvgIpc) is 2.95. The predicted octanol–water partition coefficient (Wildman–Crippen LogP) is 3.43. The SMILES string of the molecule is CSc1ccc(NC(=O)N2CCCC3(C2)OCCO3)cc1Cl. The van der Waals surface area contributed by atoms with E-state index in [0.29, 0.717) is 37.0 Å². The lowest BCUT2D eigenvalue weighted by Crippen LogP contribution is -2.52. The highest BCUT2D eigenvalue weighted by Crippen LogP contribution is 2.31. The first-order valence-electron chi connectivity index (χ1n) is 7.29. The van der Waals surface area contributed by atoms with E-state index in [9.17, 15) is 4.79 Å². The molecule has 3 rings (SSSR count). The van der Waals surface area contributed by atoms with E-state index in [-0.39, 0.29) is 6.03 Å². The minimum Gasteiger partial charge on any atom is -0.346 e. The highest BCUT2D eigenvalue weighted by Gasteiger charge is 2.42. The summed E-state index contributed by atoms with van der Waals surface area (Å²) in [6, 6.07) is 5.39. The molecule has 7 heteroatoms. The predicted molar refractivity (Wildman–Crippen MR) is 87.7 cm³/mol. The van der Waals surface area contributed by atoms with Gasteiger partial charge in [0.2, 0.25) is 0 Å². The monoisotopic (exact) mass is 342 g/mol. The highest BCUT2D eigenvalue weighted by atomic mass is 35.5. The van der Waals surface area contributed by atoms with Gasteiger partial charge in [-0.3, -0.25) is 0 Å². The summed E-state index contributed by atoms with van der Waals surface area (Å²) in [4.78, 5) is 15.2. The van der Waals surface area contributed by atoms with E-state index in [1.54, 1.807) is 22.7 Å². The Kier molecular flexibility index (Phi) is 4.82. The average molecular weight is 343 g/mol. The fourth-order valence-electron chi connectivity index (χ4n) is 2.84. The van der Waals surface area contributed by atoms with Gasteiger partial charge in [-0.25, -0.2) is 4.79 Å². The molecule has 1 aromatic rings. The van der Waals surface area contributed by atoms with E-state index >= 15 is 0 Å². The zero-order valence-electron chi connectivity index (χ0n) is 12.4. The molecule has 0 aliphatic carbocycles. The largest absolute Gasteiger partial charge is 0.346 e. The number of carbonyl (C=O) groups is 1. The van der Waals surface area contributed by atoms with Gasteiger partial charge in [-0.15, -0.1) is 11.8 Å². The number of benzene rings is 1. The van der Waals surface area contributed by atoms with E-state index in [2.05, 4.69) is 5.32 Å². The number of anilines is 1. The molecular formula is C15H19ClN2O3S. The summed E-state index contributed by atoms with van der Waals surface area (Å²) in [7, 11) is 0. The zero-order valence-corrected chi connectivity index (χ0v) is 14.0. The molecule has 2 heterocycles. The number of rotatable bonds is 2. The number of hydrogen-bond donors (Lipinski definition) is 1. The van der Waals surface area contributed by atoms with Crippen LogP contribution in [0.4, 0.5) is 10.5 Å². The first-order chi connectivity index (χ1) is 10.6. The third-order valence-electron chi connectivity index (χ3n) is 3.92. The first-order valence-corrected chi connectivity index (χ1v) is 8.89. The fourth-order valence-corrected chi connectivity index (χ4v) is 3.71. The molecule has 1 spiro atoms. The van der Waals surface area contributed by atoms with Crippen LogP contribution in [-0.2, 0) is 9.47 Å². The number of nitrogens with zero attached hydrogens (tertiary/aromatic N) is 1. The van der Waals surface area contributed by atoms with Crippen molar-refractivity contribution in [2.45, 2.75) is 23.5 Å². The number of hydrogen-bond acceptors (Lipinski definition) is 4. The Bertz CT molecular complexity index is 564. The van der Waals surface area contributed by atoms with Gasteiger partial charge in [-0.05, 0) is 30.9 Å². The molecule has 0 bridgehead atoms. The van der Waals surface area contributed by atoms with Crippen LogP contribution in [-0.4, -0.2) is 49.3 Å². The van der Waals surface area contributed by atoms with Crippen LogP contribution in [0.2, 0.25) is 5.02 Å². The van der Waals surface area contributed by atoms with Crippen LogP contribution in [0.3, 0.4) is 0 Å². The smallest absolute Gasteiger partial charge is 0.322 e. The molecule has 2 aliphatic rings. The van der Waals surface area contributed by atoms with Crippen molar-refractivity contribution in [2.24, 2.45) is 0 Å². The van der Waals surface area contributed by atoms with Crippen LogP contribution in [0, 0.1) is 0 Å². The standard InChI is InChI=1S/C15H19ClN2O3S/c1-22-13-4-3-11(9-12(13)16)17-14(19)18-6-2-5-15(10-18)20-7-8-21-15/h3-4,9H,2,5-8,10H2,1H3,(H,17,19). The number of likely N-dealkylation sites (tertiary alicyclic amines) is 1. The second kappa shape index (κ2) is 6.66. The van der Waals surface area contributed by atoms with Crippen molar-refractivity contribution < 1.29 is 14.3 Å². The first kappa shape index (κ1) is 15.9. The van der Waals surface area contributed by atoms with Crippen molar-refractivity contribution in [1.29, 1.82) is 0 Å². The van der Waals surface area contributed by atoms with Crippen molar-refractivity contribution in [3.05, 3.63) is 23.2 Å². The maximum atomic E-state index is 12.4. The van der Waals surface area contributed by atoms with Crippen molar-refractivity contribution in [3.8, 4) is 0 Å². The van der Waals surface area contributed by atoms with Gasteiger partial charge in [0, 0.05) is 23.5 Å². The number of piperidine rings is 1. The van der Waals surface area contributed by atoms with Crippen LogP contribution in [0.5, 0.6) is 0 Å². The summed E-state index contributed by atoms with van der Waals surface area (Å²) in [6.07, 6.45) is 3.68. The quantitative estimate of drug-likeness (QED) is 0.836. The summed E-state index contributed by atoms with van der Waals surface area (Å²) in [5.41, 5.74) is 0.695. The van der Waals surface area contributed by atoms with Crippen LogP contribution in [0.25, 0.3) is 0 Å². The van der Waals surface area contributed by atoms with Gasteiger partial charge in [-0.2, -0.15) is 0 Å². The van der Waals surface area contributed by atoms with Gasteiger partial charge < -0.3 is 19.7 Å². The van der Waals surface area contributed by atoms with Crippen molar-refractivity contribution in [1.82, 2.24) is 4.90 Å². The fraction of sp³-hybridized carbons (Fsp3) is 0.533. The van der Waals surface area contributed by atoms with E-state index in [0.717, 1.165) is 17.7 Å². The summed E-state index contributed by atoms with van der Waals surface area (Å²) in [5.74, 6) is -0.601. The van der Waals surface area contributed by atoms with Crippen LogP contribution in [0.15, 0.2) is 23.1 Å². The van der Waals surface area contributed by atoms with E-state index in [1.807, 2.05) is 18.4 Å². The van der Waals surface area contributed by atoms with Gasteiger partial charge in [0.05, 0.1) is 24.8 Å². The third kappa shape index (κ3) is 3.35. The Hall–Kier alpha value is -0.950. The number of thioether (sulfide) groups is 1. The molecule has 0 saturated carbocycles. The minimum atomic E-state index is -0.601. The van der Waals surface area contributed by atoms with Gasteiger partial charge in [0.15, 0.2) is 5.79 Å². The van der Waals surface area contributed by atoms with Crippen molar-refractivity contribution in [3.63, 3.8) is 0 Å². The molecule has 0 radical (unpaired) electrons. The lowest BCUT2D eigenvalue weighted by molar-refractivity contribution is -0.182. The molecule has 2 aliphatic heterocycles. The molecule has 1 N–H and O–H groups in total. The molecule has 2 amide bonds. The topological polar surface area (TPSA) is 50.8 Å². The molecule has 1 aromatic carbocycles. The van der Waals surface area contributed by atoms with E-state index in [4.69, 9.17) is 21.1 Å². The molecule has 2 saturated heterocycles. The van der Waals surface area contributed by atoms with E-state index in [1.165, 1.54) is 0 Å². The molecule has 120 valence electrons. The number of halogens is 1. The molecule has 22 heavy (non-hydrogen) atoms. The second-order valence-electron chi connectivity index (χ2n) is 5.41. The highest BCUT2D eigenvalue weighted by molar-refractivity contribution is 7.98. The molecule has 0 atom stereocenters. The summed E-state index contributed by atoms with van der Waals surface area (Å²) in [5, 5.41) is 3.53. The van der Waals surface area contributed by atoms with Gasteiger partial charge in [0.25, 0.3) is 0 Å². The second-order valence-corrected chi connectivity index (χ2v) is 6.67. The molecular weight excluding hydrogens is 324 g/mol. The van der Waals surface area contributed by atoms with Gasteiger partial charge >= 0.3 is 6.03 Å². The number of amides is 2. The van der Waals surface area contributed by atoms with Crippen LogP contribution in [0.1, 0.15) is 12.8 Å². The molecule has 2 fully saturated rings. The molecule has 0 unspecified atom stereocenters. The van der Waals surface area contributed by atoms with E-state index < -0.39 is 5.79 Å². The normalized spacial score (nSPS) is 20.4. The Balaban J connectivity index is 1.65. The summed E-state index contributed by atoms with van der Waals surface area (Å²) in [6.45, 7) is 2.37. The van der Waals surface area contributed by atoms with Crippen LogP contribution < -0.4 is 5.32 Å². The lowest BCUT2D eigenvalue weighted by atomic mass is 10.1. The molecule has 5 nitrogen and oxygen atoms in total. The Morgan fingerprint density at radius 2 is 2.18 bits per heavy atom. The van der Waals surface area contributed by atoms with Crippen LogP contribution >= 0.6 is 23.4 Å². The number of ether oxygens (including phenoxy) is 2. The van der Waals surface area contributed by atoms with Crippen molar-refractivity contribution in [2.75, 3.05) is 37.9 Å². The van der Waals surface area contributed by atoms with Gasteiger partial charge in [0.1, 0.15) is 0 Å². The summed E-state index contributed by atoms with van der Waals surface area (Å²) >= 11 is 7.75. The minimum absolute atomic E-state index is 0.147. The molecule has 0 aromatic heterocycles. The van der Waals surface area contributed by atoms with Crippen molar-refractivity contribution >= 4 is 35.1 Å². The third-order valence-corrected chi connectivity index (χ3v) is 5.14. The van der Waals surface area contributed by atoms with Gasteiger partial charge in [-0.1, -0.05) is 11.6 Å². The summed E-state index contributed by atoms with van der Waals surface area (Å²) < 4.78 is 11.4. The lowest BCUT2D eigenvalue weighted by Gasteiger charge is -2.38.